The van der Waals surface area contributed by atoms with Crippen molar-refractivity contribution in [3.8, 4) is 5.69 Å². The van der Waals surface area contributed by atoms with E-state index in [0.717, 1.165) is 38.0 Å². The number of aromatic nitrogens is 1. The monoisotopic (exact) mass is 411 g/mol. The summed E-state index contributed by atoms with van der Waals surface area (Å²) in [6.45, 7) is 8.11. The molecule has 0 aliphatic heterocycles. The summed E-state index contributed by atoms with van der Waals surface area (Å²) in [5, 5.41) is 1.93. The summed E-state index contributed by atoms with van der Waals surface area (Å²) in [5.41, 5.74) is 5.52. The first kappa shape index (κ1) is 18.8. The van der Waals surface area contributed by atoms with Crippen LogP contribution < -0.4 is 11.0 Å². The van der Waals surface area contributed by atoms with Gasteiger partial charge in [0, 0.05) is 15.5 Å². The van der Waals surface area contributed by atoms with Crippen LogP contribution >= 0.6 is 11.3 Å². The Morgan fingerprint density at radius 2 is 1.47 bits per heavy atom. The fraction of sp³-hybridized carbons (Fsp3) is 0.154. The average Bonchev–Trinajstić information content (AvgIpc) is 3.04. The Balaban J connectivity index is 2.16. The second kappa shape index (κ2) is 6.64. The van der Waals surface area contributed by atoms with E-state index < -0.39 is 0 Å². The number of aryl methyl sites for hydroxylation is 4. The smallest absolute Gasteiger partial charge is 0.265 e. The SMILES string of the molecule is Cc1cc(C)c(-n2c(=O)c3c(sc4ccc(C)cc43)c(=O)c3ccccc32)c(C)c1. The molecule has 2 aromatic heterocycles. The van der Waals surface area contributed by atoms with Crippen molar-refractivity contribution in [3.63, 3.8) is 0 Å². The van der Waals surface area contributed by atoms with Crippen LogP contribution in [0.3, 0.4) is 0 Å². The van der Waals surface area contributed by atoms with E-state index in [1.165, 1.54) is 11.3 Å². The van der Waals surface area contributed by atoms with Crippen LogP contribution in [0.2, 0.25) is 0 Å². The van der Waals surface area contributed by atoms with E-state index in [1.54, 1.807) is 4.57 Å². The molecule has 0 aliphatic carbocycles. The van der Waals surface area contributed by atoms with Crippen LogP contribution in [0.1, 0.15) is 22.3 Å². The normalized spacial score (nSPS) is 11.6. The van der Waals surface area contributed by atoms with Crippen LogP contribution in [0.25, 0.3) is 36.8 Å². The van der Waals surface area contributed by atoms with Crippen molar-refractivity contribution in [1.29, 1.82) is 0 Å². The maximum absolute atomic E-state index is 14.1. The topological polar surface area (TPSA) is 39.1 Å². The average molecular weight is 412 g/mol. The lowest BCUT2D eigenvalue weighted by Gasteiger charge is -2.15. The summed E-state index contributed by atoms with van der Waals surface area (Å²) in [7, 11) is 0. The molecule has 3 aromatic carbocycles. The number of benzene rings is 3. The second-order valence-electron chi connectivity index (χ2n) is 8.04. The van der Waals surface area contributed by atoms with Gasteiger partial charge in [0.25, 0.3) is 5.56 Å². The maximum Gasteiger partial charge on any atom is 0.265 e. The first-order chi connectivity index (χ1) is 14.4. The molecule has 0 spiro atoms. The van der Waals surface area contributed by atoms with Crippen molar-refractivity contribution in [2.45, 2.75) is 27.7 Å². The minimum absolute atomic E-state index is 0.0854. The minimum Gasteiger partial charge on any atom is -0.288 e. The number of hydrogen-bond acceptors (Lipinski definition) is 3. The first-order valence-electron chi connectivity index (χ1n) is 9.96. The number of nitrogens with zero attached hydrogens (tertiary/aromatic N) is 1. The summed E-state index contributed by atoms with van der Waals surface area (Å²) in [5.74, 6) is 0. The third kappa shape index (κ3) is 2.64. The minimum atomic E-state index is -0.143. The van der Waals surface area contributed by atoms with Gasteiger partial charge in [-0.2, -0.15) is 0 Å². The molecule has 0 saturated heterocycles. The van der Waals surface area contributed by atoms with Gasteiger partial charge in [-0.1, -0.05) is 41.5 Å². The lowest BCUT2D eigenvalue weighted by molar-refractivity contribution is 1.03. The van der Waals surface area contributed by atoms with E-state index in [4.69, 9.17) is 0 Å². The fourth-order valence-electron chi connectivity index (χ4n) is 4.53. The quantitative estimate of drug-likeness (QED) is 0.342. The lowest BCUT2D eigenvalue weighted by atomic mass is 10.0. The highest BCUT2D eigenvalue weighted by Gasteiger charge is 2.19. The third-order valence-corrected chi connectivity index (χ3v) is 6.88. The largest absolute Gasteiger partial charge is 0.288 e. The summed E-state index contributed by atoms with van der Waals surface area (Å²) in [6, 6.07) is 17.6. The molecule has 0 fully saturated rings. The van der Waals surface area contributed by atoms with Gasteiger partial charge in [0.2, 0.25) is 5.43 Å². The van der Waals surface area contributed by atoms with Crippen LogP contribution in [0, 0.1) is 27.7 Å². The summed E-state index contributed by atoms with van der Waals surface area (Å²) in [4.78, 5) is 27.7. The van der Waals surface area contributed by atoms with Crippen molar-refractivity contribution in [2.24, 2.45) is 0 Å². The Morgan fingerprint density at radius 3 is 2.20 bits per heavy atom. The molecule has 30 heavy (non-hydrogen) atoms. The van der Waals surface area contributed by atoms with Crippen LogP contribution in [0.4, 0.5) is 0 Å². The van der Waals surface area contributed by atoms with Gasteiger partial charge in [-0.3, -0.25) is 14.2 Å². The predicted octanol–water partition coefficient (Wildman–Crippen LogP) is 5.95. The number of para-hydroxylation sites is 1. The number of hydrogen-bond donors (Lipinski definition) is 0. The molecule has 5 aromatic rings. The van der Waals surface area contributed by atoms with E-state index in [0.29, 0.717) is 21.0 Å². The molecule has 0 saturated carbocycles. The Kier molecular flexibility index (Phi) is 4.16. The van der Waals surface area contributed by atoms with Crippen molar-refractivity contribution in [3.05, 3.63) is 97.4 Å². The van der Waals surface area contributed by atoms with E-state index in [9.17, 15) is 9.59 Å². The third-order valence-electron chi connectivity index (χ3n) is 5.72. The van der Waals surface area contributed by atoms with Gasteiger partial charge < -0.3 is 0 Å². The van der Waals surface area contributed by atoms with Crippen molar-refractivity contribution in [2.75, 3.05) is 0 Å². The molecular formula is C26H21NO2S. The molecule has 5 rings (SSSR count). The maximum atomic E-state index is 14.1. The highest BCUT2D eigenvalue weighted by atomic mass is 32.1. The van der Waals surface area contributed by atoms with Gasteiger partial charge in [0.1, 0.15) is 0 Å². The van der Waals surface area contributed by atoms with Crippen molar-refractivity contribution < 1.29 is 0 Å². The van der Waals surface area contributed by atoms with E-state index in [-0.39, 0.29) is 11.0 Å². The molecule has 4 heteroatoms. The summed E-state index contributed by atoms with van der Waals surface area (Å²) < 4.78 is 3.24. The highest BCUT2D eigenvalue weighted by Crippen LogP contribution is 2.32. The van der Waals surface area contributed by atoms with Gasteiger partial charge in [0.05, 0.1) is 21.3 Å². The zero-order valence-corrected chi connectivity index (χ0v) is 18.2. The molecule has 0 aliphatic rings. The fourth-order valence-corrected chi connectivity index (χ4v) is 5.66. The predicted molar refractivity (Wildman–Crippen MR) is 128 cm³/mol. The Morgan fingerprint density at radius 1 is 0.767 bits per heavy atom. The van der Waals surface area contributed by atoms with Crippen molar-refractivity contribution >= 4 is 42.4 Å². The number of thiophene rings is 1. The van der Waals surface area contributed by atoms with Gasteiger partial charge in [-0.15, -0.1) is 11.3 Å². The summed E-state index contributed by atoms with van der Waals surface area (Å²) >= 11 is 1.41. The Labute approximate surface area is 177 Å². The van der Waals surface area contributed by atoms with E-state index >= 15 is 0 Å². The van der Waals surface area contributed by atoms with Crippen molar-refractivity contribution in [1.82, 2.24) is 4.57 Å². The zero-order chi connectivity index (χ0) is 21.2. The Bertz CT molecular complexity index is 1600. The van der Waals surface area contributed by atoms with Crippen LogP contribution in [-0.2, 0) is 0 Å². The highest BCUT2D eigenvalue weighted by molar-refractivity contribution is 7.25. The molecular weight excluding hydrogens is 390 g/mol. The second-order valence-corrected chi connectivity index (χ2v) is 9.09. The summed E-state index contributed by atoms with van der Waals surface area (Å²) in [6.07, 6.45) is 0. The molecule has 148 valence electrons. The number of rotatable bonds is 1. The molecule has 0 atom stereocenters. The molecule has 3 nitrogen and oxygen atoms in total. The van der Waals surface area contributed by atoms with Crippen LogP contribution in [0.15, 0.2) is 64.2 Å². The van der Waals surface area contributed by atoms with Crippen LogP contribution in [-0.4, -0.2) is 4.57 Å². The molecule has 0 radical (unpaired) electrons. The van der Waals surface area contributed by atoms with Gasteiger partial charge in [-0.05, 0) is 63.1 Å². The van der Waals surface area contributed by atoms with Gasteiger partial charge >= 0.3 is 0 Å². The van der Waals surface area contributed by atoms with Crippen LogP contribution in [0.5, 0.6) is 0 Å². The zero-order valence-electron chi connectivity index (χ0n) is 17.4. The van der Waals surface area contributed by atoms with Gasteiger partial charge in [-0.25, -0.2) is 0 Å². The van der Waals surface area contributed by atoms with Gasteiger partial charge in [0.15, 0.2) is 0 Å². The molecule has 0 bridgehead atoms. The molecule has 2 heterocycles. The molecule has 0 amide bonds. The lowest BCUT2D eigenvalue weighted by Crippen LogP contribution is -2.18. The van der Waals surface area contributed by atoms with E-state index in [2.05, 4.69) is 19.1 Å². The molecule has 0 N–H and O–H groups in total. The number of fused-ring (bicyclic) bond motifs is 4. The molecule has 0 unspecified atom stereocenters. The van der Waals surface area contributed by atoms with E-state index in [1.807, 2.05) is 63.2 Å². The first-order valence-corrected chi connectivity index (χ1v) is 10.8. The standard InChI is InChI=1S/C26H21NO2S/c1-14-9-10-21-19(13-14)22-25(30-21)24(28)18-7-5-6-8-20(18)27(26(22)29)23-16(3)11-15(2)12-17(23)4/h5-13H,1-4H3. The Hall–Kier alpha value is -3.24.